The van der Waals surface area contributed by atoms with Crippen LogP contribution in [0.1, 0.15) is 17.5 Å². The summed E-state index contributed by atoms with van der Waals surface area (Å²) >= 11 is 0. The molecule has 7 heteroatoms. The molecule has 1 aliphatic rings. The van der Waals surface area contributed by atoms with Crippen LogP contribution in [-0.2, 0) is 10.0 Å². The molecule has 0 saturated carbocycles. The predicted octanol–water partition coefficient (Wildman–Crippen LogP) is 1.01. The van der Waals surface area contributed by atoms with Crippen LogP contribution in [0.4, 0.5) is 0 Å². The van der Waals surface area contributed by atoms with Crippen LogP contribution in [0.5, 0.6) is 5.75 Å². The van der Waals surface area contributed by atoms with Gasteiger partial charge in [-0.15, -0.1) is 0 Å². The number of aliphatic hydroxyl groups excluding tert-OH is 1. The standard InChI is InChI=1S/C17H28N2O4S/c1-14-9-15(2)11-17(10-14)23-13-16(20)12-18-5-4-6-19(8-7-18)24(3,21)22/h9-11,16,20H,4-8,12-13H2,1-3H3. The molecular formula is C17H28N2O4S. The number of sulfonamides is 1. The first kappa shape index (κ1) is 19.2. The summed E-state index contributed by atoms with van der Waals surface area (Å²) in [4.78, 5) is 2.10. The molecule has 0 spiro atoms. The van der Waals surface area contributed by atoms with Gasteiger partial charge in [-0.2, -0.15) is 0 Å². The Morgan fingerprint density at radius 2 is 1.79 bits per heavy atom. The number of benzene rings is 1. The fourth-order valence-corrected chi connectivity index (χ4v) is 3.89. The highest BCUT2D eigenvalue weighted by atomic mass is 32.2. The van der Waals surface area contributed by atoms with Crippen molar-refractivity contribution in [3.63, 3.8) is 0 Å². The van der Waals surface area contributed by atoms with Crippen molar-refractivity contribution >= 4 is 10.0 Å². The van der Waals surface area contributed by atoms with Crippen molar-refractivity contribution in [1.29, 1.82) is 0 Å². The van der Waals surface area contributed by atoms with Crippen LogP contribution in [0.2, 0.25) is 0 Å². The van der Waals surface area contributed by atoms with E-state index in [-0.39, 0.29) is 6.61 Å². The number of nitrogens with zero attached hydrogens (tertiary/aromatic N) is 2. The van der Waals surface area contributed by atoms with Gasteiger partial charge in [-0.25, -0.2) is 12.7 Å². The zero-order valence-electron chi connectivity index (χ0n) is 14.7. The van der Waals surface area contributed by atoms with Gasteiger partial charge in [0.2, 0.25) is 10.0 Å². The van der Waals surface area contributed by atoms with Gasteiger partial charge in [0.05, 0.1) is 6.26 Å². The van der Waals surface area contributed by atoms with Crippen LogP contribution in [0, 0.1) is 13.8 Å². The number of β-amino-alcohol motifs (C(OH)–C–C–N with tert-alkyl or cyclic N) is 1. The van der Waals surface area contributed by atoms with Gasteiger partial charge < -0.3 is 9.84 Å². The molecule has 1 fully saturated rings. The summed E-state index contributed by atoms with van der Waals surface area (Å²) in [5.41, 5.74) is 2.26. The minimum Gasteiger partial charge on any atom is -0.491 e. The van der Waals surface area contributed by atoms with Crippen LogP contribution in [0.25, 0.3) is 0 Å². The van der Waals surface area contributed by atoms with E-state index in [9.17, 15) is 13.5 Å². The van der Waals surface area contributed by atoms with Gasteiger partial charge in [-0.05, 0) is 50.1 Å². The lowest BCUT2D eigenvalue weighted by molar-refractivity contribution is 0.0699. The van der Waals surface area contributed by atoms with E-state index in [0.717, 1.165) is 29.8 Å². The highest BCUT2D eigenvalue weighted by molar-refractivity contribution is 7.88. The molecule has 0 amide bonds. The third-order valence-corrected chi connectivity index (χ3v) is 5.43. The Kier molecular flexibility index (Phi) is 6.62. The first-order chi connectivity index (χ1) is 11.2. The quantitative estimate of drug-likeness (QED) is 0.824. The number of aliphatic hydroxyl groups is 1. The van der Waals surface area contributed by atoms with E-state index in [4.69, 9.17) is 4.74 Å². The van der Waals surface area contributed by atoms with Gasteiger partial charge in [0.15, 0.2) is 0 Å². The van der Waals surface area contributed by atoms with E-state index in [2.05, 4.69) is 11.0 Å². The highest BCUT2D eigenvalue weighted by Crippen LogP contribution is 2.16. The lowest BCUT2D eigenvalue weighted by Crippen LogP contribution is -2.39. The second-order valence-electron chi connectivity index (χ2n) is 6.60. The molecular weight excluding hydrogens is 328 g/mol. The van der Waals surface area contributed by atoms with Gasteiger partial charge in [-0.3, -0.25) is 4.90 Å². The zero-order valence-corrected chi connectivity index (χ0v) is 15.6. The molecule has 1 aliphatic heterocycles. The second kappa shape index (κ2) is 8.29. The Hall–Kier alpha value is -1.15. The van der Waals surface area contributed by atoms with Gasteiger partial charge in [0, 0.05) is 26.2 Å². The molecule has 0 radical (unpaired) electrons. The van der Waals surface area contributed by atoms with Crippen molar-refractivity contribution in [2.24, 2.45) is 0 Å². The summed E-state index contributed by atoms with van der Waals surface area (Å²) in [5.74, 6) is 0.769. The molecule has 1 saturated heterocycles. The summed E-state index contributed by atoms with van der Waals surface area (Å²) < 4.78 is 30.4. The average Bonchev–Trinajstić information content (AvgIpc) is 2.69. The topological polar surface area (TPSA) is 70.1 Å². The third kappa shape index (κ3) is 6.05. The minimum absolute atomic E-state index is 0.231. The molecule has 24 heavy (non-hydrogen) atoms. The molecule has 1 aromatic rings. The van der Waals surface area contributed by atoms with Crippen molar-refractivity contribution in [1.82, 2.24) is 9.21 Å². The maximum Gasteiger partial charge on any atom is 0.211 e. The van der Waals surface area contributed by atoms with E-state index in [1.807, 2.05) is 26.0 Å². The molecule has 1 unspecified atom stereocenters. The number of aryl methyl sites for hydroxylation is 2. The molecule has 0 aliphatic carbocycles. The van der Waals surface area contributed by atoms with E-state index >= 15 is 0 Å². The van der Waals surface area contributed by atoms with Crippen LogP contribution >= 0.6 is 0 Å². The van der Waals surface area contributed by atoms with E-state index in [1.165, 1.54) is 10.6 Å². The van der Waals surface area contributed by atoms with E-state index in [0.29, 0.717) is 26.2 Å². The van der Waals surface area contributed by atoms with Crippen molar-refractivity contribution in [2.45, 2.75) is 26.4 Å². The van der Waals surface area contributed by atoms with E-state index in [1.54, 1.807) is 0 Å². The smallest absolute Gasteiger partial charge is 0.211 e. The van der Waals surface area contributed by atoms with Crippen LogP contribution in [-0.4, -0.2) is 74.4 Å². The third-order valence-electron chi connectivity index (χ3n) is 4.12. The summed E-state index contributed by atoms with van der Waals surface area (Å²) in [6, 6.07) is 5.99. The maximum absolute atomic E-state index is 11.6. The fraction of sp³-hybridized carbons (Fsp3) is 0.647. The Bertz CT molecular complexity index is 628. The first-order valence-electron chi connectivity index (χ1n) is 8.30. The summed E-state index contributed by atoms with van der Waals surface area (Å²) in [6.45, 7) is 7.19. The first-order valence-corrected chi connectivity index (χ1v) is 10.2. The molecule has 0 aromatic heterocycles. The average molecular weight is 356 g/mol. The van der Waals surface area contributed by atoms with Crippen molar-refractivity contribution < 1.29 is 18.3 Å². The van der Waals surface area contributed by atoms with Crippen LogP contribution in [0.15, 0.2) is 18.2 Å². The summed E-state index contributed by atoms with van der Waals surface area (Å²) in [7, 11) is -3.14. The normalized spacial score (nSPS) is 19.0. The molecule has 1 atom stereocenters. The van der Waals surface area contributed by atoms with Gasteiger partial charge in [0.25, 0.3) is 0 Å². The summed E-state index contributed by atoms with van der Waals surface area (Å²) in [6.07, 6.45) is 1.42. The molecule has 1 N–H and O–H groups in total. The molecule has 1 heterocycles. The summed E-state index contributed by atoms with van der Waals surface area (Å²) in [5, 5.41) is 10.2. The Morgan fingerprint density at radius 1 is 1.12 bits per heavy atom. The molecule has 6 nitrogen and oxygen atoms in total. The van der Waals surface area contributed by atoms with E-state index < -0.39 is 16.1 Å². The highest BCUT2D eigenvalue weighted by Gasteiger charge is 2.22. The largest absolute Gasteiger partial charge is 0.491 e. The SMILES string of the molecule is Cc1cc(C)cc(OCC(O)CN2CCCN(S(C)(=O)=O)CC2)c1. The van der Waals surface area contributed by atoms with Gasteiger partial charge in [-0.1, -0.05) is 6.07 Å². The second-order valence-corrected chi connectivity index (χ2v) is 8.59. The molecule has 1 aromatic carbocycles. The van der Waals surface area contributed by atoms with Gasteiger partial charge in [0.1, 0.15) is 18.5 Å². The van der Waals surface area contributed by atoms with Crippen LogP contribution in [0.3, 0.4) is 0 Å². The van der Waals surface area contributed by atoms with Gasteiger partial charge >= 0.3 is 0 Å². The lowest BCUT2D eigenvalue weighted by atomic mass is 10.1. The fourth-order valence-electron chi connectivity index (χ4n) is 3.02. The minimum atomic E-state index is -3.14. The number of ether oxygens (including phenoxy) is 1. The Morgan fingerprint density at radius 3 is 2.42 bits per heavy atom. The monoisotopic (exact) mass is 356 g/mol. The number of hydrogen-bond acceptors (Lipinski definition) is 5. The Labute approximate surface area is 145 Å². The zero-order chi connectivity index (χ0) is 17.7. The lowest BCUT2D eigenvalue weighted by Gasteiger charge is -2.23. The number of hydrogen-bond donors (Lipinski definition) is 1. The number of rotatable bonds is 6. The van der Waals surface area contributed by atoms with Crippen molar-refractivity contribution in [2.75, 3.05) is 45.6 Å². The van der Waals surface area contributed by atoms with Crippen molar-refractivity contribution in [3.8, 4) is 5.75 Å². The molecule has 0 bridgehead atoms. The maximum atomic E-state index is 11.6. The molecule has 136 valence electrons. The molecule has 2 rings (SSSR count). The van der Waals surface area contributed by atoms with Crippen LogP contribution < -0.4 is 4.74 Å². The predicted molar refractivity (Wildman–Crippen MR) is 94.9 cm³/mol. The Balaban J connectivity index is 1.80. The van der Waals surface area contributed by atoms with Crippen molar-refractivity contribution in [3.05, 3.63) is 29.3 Å².